The molecule has 29 heavy (non-hydrogen) atoms. The van der Waals surface area contributed by atoms with Gasteiger partial charge in [0.15, 0.2) is 18.1 Å². The summed E-state index contributed by atoms with van der Waals surface area (Å²) in [5, 5.41) is 2.76. The van der Waals surface area contributed by atoms with E-state index in [2.05, 4.69) is 5.32 Å². The Hall–Kier alpha value is -3.02. The van der Waals surface area contributed by atoms with Crippen molar-refractivity contribution in [2.75, 3.05) is 25.1 Å². The summed E-state index contributed by atoms with van der Waals surface area (Å²) in [7, 11) is 0. The summed E-state index contributed by atoms with van der Waals surface area (Å²) >= 11 is 0. The van der Waals surface area contributed by atoms with Crippen LogP contribution >= 0.6 is 0 Å². The zero-order valence-electron chi connectivity index (χ0n) is 16.3. The summed E-state index contributed by atoms with van der Waals surface area (Å²) in [4.78, 5) is 25.3. The first-order chi connectivity index (χ1) is 14.2. The lowest BCUT2D eigenvalue weighted by atomic mass is 9.79. The molecule has 0 aromatic heterocycles. The molecule has 1 aliphatic carbocycles. The lowest BCUT2D eigenvalue weighted by Gasteiger charge is -2.27. The lowest BCUT2D eigenvalue weighted by molar-refractivity contribution is -0.153. The second kappa shape index (κ2) is 8.55. The van der Waals surface area contributed by atoms with Gasteiger partial charge in [0.2, 0.25) is 0 Å². The van der Waals surface area contributed by atoms with Crippen LogP contribution in [0, 0.1) is 0 Å². The second-order valence-corrected chi connectivity index (χ2v) is 7.49. The largest absolute Gasteiger partial charge is 0.490 e. The molecule has 1 saturated carbocycles. The maximum Gasteiger partial charge on any atom is 0.317 e. The molecule has 0 spiro atoms. The number of anilines is 1. The summed E-state index contributed by atoms with van der Waals surface area (Å²) < 4.78 is 16.7. The Labute approximate surface area is 170 Å². The van der Waals surface area contributed by atoms with Crippen LogP contribution in [0.25, 0.3) is 0 Å². The molecule has 1 N–H and O–H groups in total. The highest BCUT2D eigenvalue weighted by Gasteiger charge is 2.44. The highest BCUT2D eigenvalue weighted by Crippen LogP contribution is 2.42. The van der Waals surface area contributed by atoms with Gasteiger partial charge in [-0.05, 0) is 30.5 Å². The van der Waals surface area contributed by atoms with Gasteiger partial charge in [-0.3, -0.25) is 9.59 Å². The van der Waals surface area contributed by atoms with Gasteiger partial charge in [0.05, 0.1) is 18.6 Å². The Morgan fingerprint density at radius 2 is 1.66 bits per heavy atom. The topological polar surface area (TPSA) is 73.9 Å². The molecule has 2 aromatic rings. The van der Waals surface area contributed by atoms with E-state index in [-0.39, 0.29) is 18.5 Å². The smallest absolute Gasteiger partial charge is 0.317 e. The van der Waals surface area contributed by atoms with Crippen LogP contribution < -0.4 is 14.8 Å². The molecule has 0 radical (unpaired) electrons. The van der Waals surface area contributed by atoms with Crippen LogP contribution in [0.5, 0.6) is 11.5 Å². The zero-order valence-corrected chi connectivity index (χ0v) is 16.3. The maximum absolute atomic E-state index is 12.9. The van der Waals surface area contributed by atoms with Crippen LogP contribution in [0.2, 0.25) is 0 Å². The molecule has 2 aromatic carbocycles. The molecule has 4 rings (SSSR count). The second-order valence-electron chi connectivity index (χ2n) is 7.49. The van der Waals surface area contributed by atoms with Crippen LogP contribution in [0.4, 0.5) is 5.69 Å². The van der Waals surface area contributed by atoms with E-state index in [1.54, 1.807) is 18.2 Å². The van der Waals surface area contributed by atoms with Crippen molar-refractivity contribution >= 4 is 17.6 Å². The highest BCUT2D eigenvalue weighted by molar-refractivity contribution is 5.94. The standard InChI is InChI=1S/C23H25NO5/c25-21(24-18-9-10-19-20(15-18)28-14-6-13-27-19)16-29-22(26)23(11-4-5-12-23)17-7-2-1-3-8-17/h1-3,7-10,15H,4-6,11-14,16H2,(H,24,25). The Morgan fingerprint density at radius 3 is 2.41 bits per heavy atom. The van der Waals surface area contributed by atoms with Gasteiger partial charge in [0.25, 0.3) is 5.91 Å². The summed E-state index contributed by atoms with van der Waals surface area (Å²) in [6.07, 6.45) is 4.27. The third-order valence-electron chi connectivity index (χ3n) is 5.54. The number of hydrogen-bond donors (Lipinski definition) is 1. The number of hydrogen-bond acceptors (Lipinski definition) is 5. The molecule has 1 aliphatic heterocycles. The number of amides is 1. The van der Waals surface area contributed by atoms with Crippen LogP contribution in [-0.4, -0.2) is 31.7 Å². The first kappa shape index (κ1) is 19.3. The molecule has 1 heterocycles. The molecular formula is C23H25NO5. The van der Waals surface area contributed by atoms with E-state index in [4.69, 9.17) is 14.2 Å². The number of fused-ring (bicyclic) bond motifs is 1. The molecule has 6 heteroatoms. The average molecular weight is 395 g/mol. The normalized spacial score (nSPS) is 17.2. The van der Waals surface area contributed by atoms with Crippen molar-refractivity contribution in [1.82, 2.24) is 0 Å². The van der Waals surface area contributed by atoms with Gasteiger partial charge in [-0.2, -0.15) is 0 Å². The minimum atomic E-state index is -0.642. The molecule has 1 amide bonds. The number of esters is 1. The van der Waals surface area contributed by atoms with Gasteiger partial charge < -0.3 is 19.5 Å². The predicted molar refractivity (Wildman–Crippen MR) is 108 cm³/mol. The van der Waals surface area contributed by atoms with Crippen molar-refractivity contribution in [3.63, 3.8) is 0 Å². The molecule has 0 atom stereocenters. The SMILES string of the molecule is O=C(COC(=O)C1(c2ccccc2)CCCC1)Nc1ccc2c(c1)OCCCO2. The van der Waals surface area contributed by atoms with E-state index >= 15 is 0 Å². The summed E-state index contributed by atoms with van der Waals surface area (Å²) in [5.41, 5.74) is 0.899. The van der Waals surface area contributed by atoms with Crippen LogP contribution in [-0.2, 0) is 19.7 Å². The van der Waals surface area contributed by atoms with Crippen molar-refractivity contribution in [3.05, 3.63) is 54.1 Å². The maximum atomic E-state index is 12.9. The van der Waals surface area contributed by atoms with E-state index in [0.717, 1.165) is 37.7 Å². The Bertz CT molecular complexity index is 874. The summed E-state index contributed by atoms with van der Waals surface area (Å²) in [6.45, 7) is 0.864. The van der Waals surface area contributed by atoms with E-state index in [1.807, 2.05) is 30.3 Å². The van der Waals surface area contributed by atoms with E-state index < -0.39 is 5.41 Å². The first-order valence-electron chi connectivity index (χ1n) is 10.1. The molecule has 152 valence electrons. The molecule has 0 unspecified atom stereocenters. The number of carbonyl (C=O) groups is 2. The van der Waals surface area contributed by atoms with Gasteiger partial charge in [-0.25, -0.2) is 0 Å². The van der Waals surface area contributed by atoms with E-state index in [1.165, 1.54) is 0 Å². The molecule has 1 fully saturated rings. The van der Waals surface area contributed by atoms with Crippen molar-refractivity contribution in [2.24, 2.45) is 0 Å². The fourth-order valence-electron chi connectivity index (χ4n) is 4.05. The van der Waals surface area contributed by atoms with Gasteiger partial charge in [0.1, 0.15) is 0 Å². The first-order valence-corrected chi connectivity index (χ1v) is 10.1. The summed E-state index contributed by atoms with van der Waals surface area (Å²) in [5.74, 6) is 0.563. The number of ether oxygens (including phenoxy) is 3. The Balaban J connectivity index is 1.38. The van der Waals surface area contributed by atoms with Gasteiger partial charge >= 0.3 is 5.97 Å². The number of nitrogens with one attached hydrogen (secondary N) is 1. The number of rotatable bonds is 5. The number of benzene rings is 2. The van der Waals surface area contributed by atoms with Crippen molar-refractivity contribution in [2.45, 2.75) is 37.5 Å². The quantitative estimate of drug-likeness (QED) is 0.779. The summed E-state index contributed by atoms with van der Waals surface area (Å²) in [6, 6.07) is 15.0. The van der Waals surface area contributed by atoms with E-state index in [0.29, 0.717) is 30.4 Å². The molecular weight excluding hydrogens is 370 g/mol. The molecule has 0 bridgehead atoms. The predicted octanol–water partition coefficient (Wildman–Crippen LogP) is 3.84. The Kier molecular flexibility index (Phi) is 5.69. The van der Waals surface area contributed by atoms with Gasteiger partial charge in [-0.1, -0.05) is 43.2 Å². The van der Waals surface area contributed by atoms with Crippen molar-refractivity contribution < 1.29 is 23.8 Å². The molecule has 6 nitrogen and oxygen atoms in total. The fraction of sp³-hybridized carbons (Fsp3) is 0.391. The fourth-order valence-corrected chi connectivity index (χ4v) is 4.05. The van der Waals surface area contributed by atoms with Crippen molar-refractivity contribution in [1.29, 1.82) is 0 Å². The minimum absolute atomic E-state index is 0.318. The monoisotopic (exact) mass is 395 g/mol. The average Bonchev–Trinajstić information content (AvgIpc) is 3.14. The van der Waals surface area contributed by atoms with Crippen molar-refractivity contribution in [3.8, 4) is 11.5 Å². The molecule has 2 aliphatic rings. The van der Waals surface area contributed by atoms with E-state index in [9.17, 15) is 9.59 Å². The third-order valence-corrected chi connectivity index (χ3v) is 5.54. The van der Waals surface area contributed by atoms with Crippen LogP contribution in [0.1, 0.15) is 37.7 Å². The van der Waals surface area contributed by atoms with Crippen LogP contribution in [0.3, 0.4) is 0 Å². The van der Waals surface area contributed by atoms with Gasteiger partial charge in [-0.15, -0.1) is 0 Å². The Morgan fingerprint density at radius 1 is 0.931 bits per heavy atom. The number of carbonyl (C=O) groups excluding carboxylic acids is 2. The zero-order chi connectivity index (χ0) is 20.1. The minimum Gasteiger partial charge on any atom is -0.490 e. The lowest BCUT2D eigenvalue weighted by Crippen LogP contribution is -2.36. The van der Waals surface area contributed by atoms with Crippen LogP contribution in [0.15, 0.2) is 48.5 Å². The third kappa shape index (κ3) is 4.21. The highest BCUT2D eigenvalue weighted by atomic mass is 16.5. The molecule has 0 saturated heterocycles. The van der Waals surface area contributed by atoms with Gasteiger partial charge in [0, 0.05) is 18.2 Å².